The number of benzene rings is 1. The van der Waals surface area contributed by atoms with Crippen LogP contribution in [0.15, 0.2) is 24.3 Å². The summed E-state index contributed by atoms with van der Waals surface area (Å²) in [4.78, 5) is 36.7. The lowest BCUT2D eigenvalue weighted by atomic mass is 10.0. The number of amides is 2. The molecule has 1 aromatic rings. The Morgan fingerprint density at radius 3 is 2.62 bits per heavy atom. The normalized spacial score (nSPS) is 16.8. The van der Waals surface area contributed by atoms with Crippen LogP contribution in [0.3, 0.4) is 0 Å². The third kappa shape index (κ3) is 5.75. The Hall–Kier alpha value is -2.57. The van der Waals surface area contributed by atoms with Crippen LogP contribution in [0.25, 0.3) is 0 Å². The van der Waals surface area contributed by atoms with Gasteiger partial charge in [-0.05, 0) is 49.9 Å². The van der Waals surface area contributed by atoms with Gasteiger partial charge in [0.1, 0.15) is 11.8 Å². The Morgan fingerprint density at radius 1 is 1.23 bits per heavy atom. The third-order valence-corrected chi connectivity index (χ3v) is 4.35. The van der Waals surface area contributed by atoms with E-state index in [4.69, 9.17) is 9.84 Å². The Labute approximate surface area is 153 Å². The van der Waals surface area contributed by atoms with E-state index in [0.29, 0.717) is 43.9 Å². The zero-order valence-corrected chi connectivity index (χ0v) is 15.1. The SMILES string of the molecule is CCC(=O)N1CCCCC1C(=O)Nc1ccc(OCCCC(=O)O)cc1. The second-order valence-corrected chi connectivity index (χ2v) is 6.31. The molecule has 1 aliphatic rings. The van der Waals surface area contributed by atoms with Crippen LogP contribution in [-0.4, -0.2) is 47.0 Å². The molecular weight excluding hydrogens is 336 g/mol. The average Bonchev–Trinajstić information content (AvgIpc) is 2.65. The van der Waals surface area contributed by atoms with Gasteiger partial charge in [-0.2, -0.15) is 0 Å². The van der Waals surface area contributed by atoms with E-state index in [0.717, 1.165) is 12.8 Å². The molecule has 1 fully saturated rings. The number of carboxylic acid groups (broad SMARTS) is 1. The third-order valence-electron chi connectivity index (χ3n) is 4.35. The number of hydrogen-bond donors (Lipinski definition) is 2. The summed E-state index contributed by atoms with van der Waals surface area (Å²) in [7, 11) is 0. The minimum Gasteiger partial charge on any atom is -0.494 e. The number of piperidine rings is 1. The summed E-state index contributed by atoms with van der Waals surface area (Å²) < 4.78 is 5.47. The van der Waals surface area contributed by atoms with Gasteiger partial charge in [-0.15, -0.1) is 0 Å². The summed E-state index contributed by atoms with van der Waals surface area (Å²) >= 11 is 0. The van der Waals surface area contributed by atoms with E-state index in [1.54, 1.807) is 36.1 Å². The molecule has 1 aliphatic heterocycles. The Kier molecular flexibility index (Phi) is 7.44. The van der Waals surface area contributed by atoms with Crippen LogP contribution in [0.4, 0.5) is 5.69 Å². The molecule has 1 atom stereocenters. The maximum Gasteiger partial charge on any atom is 0.303 e. The zero-order chi connectivity index (χ0) is 18.9. The molecule has 1 unspecified atom stereocenters. The molecular formula is C19H26N2O5. The van der Waals surface area contributed by atoms with Gasteiger partial charge in [0.05, 0.1) is 6.61 Å². The van der Waals surface area contributed by atoms with Crippen LogP contribution in [0.5, 0.6) is 5.75 Å². The first kappa shape index (κ1) is 19.8. The van der Waals surface area contributed by atoms with E-state index < -0.39 is 12.0 Å². The maximum absolute atomic E-state index is 12.6. The predicted octanol–water partition coefficient (Wildman–Crippen LogP) is 2.66. The van der Waals surface area contributed by atoms with Crippen molar-refractivity contribution in [3.05, 3.63) is 24.3 Å². The average molecular weight is 362 g/mol. The number of likely N-dealkylation sites (tertiary alicyclic amines) is 1. The van der Waals surface area contributed by atoms with Gasteiger partial charge in [0, 0.05) is 25.1 Å². The van der Waals surface area contributed by atoms with Gasteiger partial charge < -0.3 is 20.1 Å². The second kappa shape index (κ2) is 9.79. The quantitative estimate of drug-likeness (QED) is 0.693. The standard InChI is InChI=1S/C19H26N2O5/c1-2-17(22)21-12-4-3-6-16(21)19(25)20-14-8-10-15(11-9-14)26-13-5-7-18(23)24/h8-11,16H,2-7,12-13H2,1H3,(H,20,25)(H,23,24). The molecule has 2 amide bonds. The number of aliphatic carboxylic acids is 1. The van der Waals surface area contributed by atoms with E-state index in [2.05, 4.69) is 5.32 Å². The minimum atomic E-state index is -0.843. The molecule has 7 heteroatoms. The first-order valence-corrected chi connectivity index (χ1v) is 9.06. The molecule has 1 heterocycles. The molecule has 2 N–H and O–H groups in total. The number of carbonyl (C=O) groups excluding carboxylic acids is 2. The van der Waals surface area contributed by atoms with E-state index >= 15 is 0 Å². The van der Waals surface area contributed by atoms with Crippen molar-refractivity contribution in [3.8, 4) is 5.75 Å². The molecule has 0 aromatic heterocycles. The lowest BCUT2D eigenvalue weighted by molar-refractivity contribution is -0.140. The number of nitrogens with one attached hydrogen (secondary N) is 1. The Balaban J connectivity index is 1.88. The van der Waals surface area contributed by atoms with Gasteiger partial charge in [-0.3, -0.25) is 14.4 Å². The summed E-state index contributed by atoms with van der Waals surface area (Å²) in [5, 5.41) is 11.5. The van der Waals surface area contributed by atoms with Crippen molar-refractivity contribution in [2.75, 3.05) is 18.5 Å². The van der Waals surface area contributed by atoms with Gasteiger partial charge in [-0.25, -0.2) is 0 Å². The van der Waals surface area contributed by atoms with Crippen molar-refractivity contribution >= 4 is 23.5 Å². The van der Waals surface area contributed by atoms with Crippen molar-refractivity contribution in [1.29, 1.82) is 0 Å². The lowest BCUT2D eigenvalue weighted by Gasteiger charge is -2.34. The highest BCUT2D eigenvalue weighted by molar-refractivity contribution is 5.97. The molecule has 0 radical (unpaired) electrons. The van der Waals surface area contributed by atoms with Crippen molar-refractivity contribution in [3.63, 3.8) is 0 Å². The van der Waals surface area contributed by atoms with Gasteiger partial charge in [0.2, 0.25) is 11.8 Å². The van der Waals surface area contributed by atoms with Crippen molar-refractivity contribution in [2.24, 2.45) is 0 Å². The van der Waals surface area contributed by atoms with Crippen LogP contribution < -0.4 is 10.1 Å². The van der Waals surface area contributed by atoms with Crippen molar-refractivity contribution in [1.82, 2.24) is 4.90 Å². The Bertz CT molecular complexity index is 629. The van der Waals surface area contributed by atoms with Crippen LogP contribution in [-0.2, 0) is 14.4 Å². The first-order chi connectivity index (χ1) is 12.5. The first-order valence-electron chi connectivity index (χ1n) is 9.06. The number of carboxylic acids is 1. The smallest absolute Gasteiger partial charge is 0.303 e. The Morgan fingerprint density at radius 2 is 1.96 bits per heavy atom. The van der Waals surface area contributed by atoms with E-state index in [9.17, 15) is 14.4 Å². The van der Waals surface area contributed by atoms with Crippen molar-refractivity contribution < 1.29 is 24.2 Å². The fourth-order valence-corrected chi connectivity index (χ4v) is 2.98. The second-order valence-electron chi connectivity index (χ2n) is 6.31. The summed E-state index contributed by atoms with van der Waals surface area (Å²) in [6, 6.07) is 6.51. The monoisotopic (exact) mass is 362 g/mol. The van der Waals surface area contributed by atoms with Crippen LogP contribution >= 0.6 is 0 Å². The van der Waals surface area contributed by atoms with Crippen LogP contribution in [0, 0.1) is 0 Å². The molecule has 0 aliphatic carbocycles. The summed E-state index contributed by atoms with van der Waals surface area (Å²) in [6.45, 7) is 2.77. The van der Waals surface area contributed by atoms with Gasteiger partial charge in [0.15, 0.2) is 0 Å². The van der Waals surface area contributed by atoms with Crippen LogP contribution in [0.1, 0.15) is 45.4 Å². The number of rotatable bonds is 8. The molecule has 0 spiro atoms. The fraction of sp³-hybridized carbons (Fsp3) is 0.526. The number of hydrogen-bond acceptors (Lipinski definition) is 4. The topological polar surface area (TPSA) is 95.9 Å². The highest BCUT2D eigenvalue weighted by Gasteiger charge is 2.31. The summed E-state index contributed by atoms with van der Waals surface area (Å²) in [5.74, 6) is -0.379. The largest absolute Gasteiger partial charge is 0.494 e. The number of carbonyl (C=O) groups is 3. The highest BCUT2D eigenvalue weighted by Crippen LogP contribution is 2.21. The minimum absolute atomic E-state index is 0.00922. The summed E-state index contributed by atoms with van der Waals surface area (Å²) in [5.41, 5.74) is 0.641. The zero-order valence-electron chi connectivity index (χ0n) is 15.1. The molecule has 142 valence electrons. The molecule has 7 nitrogen and oxygen atoms in total. The molecule has 2 rings (SSSR count). The molecule has 26 heavy (non-hydrogen) atoms. The lowest BCUT2D eigenvalue weighted by Crippen LogP contribution is -2.49. The highest BCUT2D eigenvalue weighted by atomic mass is 16.5. The van der Waals surface area contributed by atoms with Crippen LogP contribution in [0.2, 0.25) is 0 Å². The molecule has 0 saturated carbocycles. The predicted molar refractivity (Wildman–Crippen MR) is 97.1 cm³/mol. The van der Waals surface area contributed by atoms with Gasteiger partial charge >= 0.3 is 5.97 Å². The molecule has 1 aromatic carbocycles. The molecule has 0 bridgehead atoms. The van der Waals surface area contributed by atoms with E-state index in [1.807, 2.05) is 0 Å². The van der Waals surface area contributed by atoms with Gasteiger partial charge in [-0.1, -0.05) is 6.92 Å². The van der Waals surface area contributed by atoms with E-state index in [-0.39, 0.29) is 18.2 Å². The summed E-state index contributed by atoms with van der Waals surface area (Å²) in [6.07, 6.45) is 3.47. The van der Waals surface area contributed by atoms with Crippen molar-refractivity contribution in [2.45, 2.75) is 51.5 Å². The maximum atomic E-state index is 12.6. The number of ether oxygens (including phenoxy) is 1. The molecule has 1 saturated heterocycles. The number of nitrogens with zero attached hydrogens (tertiary/aromatic N) is 1. The van der Waals surface area contributed by atoms with E-state index in [1.165, 1.54) is 0 Å². The number of anilines is 1. The fourth-order valence-electron chi connectivity index (χ4n) is 2.98. The van der Waals surface area contributed by atoms with Gasteiger partial charge in [0.25, 0.3) is 0 Å².